The van der Waals surface area contributed by atoms with Gasteiger partial charge in [-0.15, -0.1) is 0 Å². The molecule has 0 aliphatic rings. The van der Waals surface area contributed by atoms with Gasteiger partial charge in [0.1, 0.15) is 0 Å². The van der Waals surface area contributed by atoms with Crippen molar-refractivity contribution >= 4 is 55.1 Å². The molecule has 98 valence electrons. The Morgan fingerprint density at radius 3 is 2.70 bits per heavy atom. The number of aromatic amines is 1. The molecule has 0 saturated heterocycles. The van der Waals surface area contributed by atoms with Crippen molar-refractivity contribution in [3.63, 3.8) is 0 Å². The minimum Gasteiger partial charge on any atom is -0.330 e. The molecule has 0 atom stereocenters. The number of nitrogens with zero attached hydrogens (tertiary/aromatic N) is 2. The van der Waals surface area contributed by atoms with E-state index in [0.717, 1.165) is 25.7 Å². The van der Waals surface area contributed by atoms with Crippen LogP contribution in [0.3, 0.4) is 0 Å². The van der Waals surface area contributed by atoms with Crippen molar-refractivity contribution in [2.45, 2.75) is 0 Å². The van der Waals surface area contributed by atoms with E-state index in [1.807, 2.05) is 34.9 Å². The Balaban J connectivity index is 2.41. The number of hydrogen-bond acceptors (Lipinski definition) is 2. The van der Waals surface area contributed by atoms with Crippen LogP contribution in [0.4, 0.5) is 0 Å². The zero-order chi connectivity index (χ0) is 14.3. The molecular formula is C14H7Br2N3S. The standard InChI is InChI=1S/C14H7Br2N3S/c15-9-2-3-10(16)12(6-9)19-13-5-8(7-17)1-4-11(13)18-14(19)20/h1-6H,(H,18,20). The highest BCUT2D eigenvalue weighted by molar-refractivity contribution is 9.11. The van der Waals surface area contributed by atoms with Crippen LogP contribution in [0.15, 0.2) is 45.3 Å². The minimum absolute atomic E-state index is 0.592. The second-order valence-corrected chi connectivity index (χ2v) is 6.36. The molecule has 20 heavy (non-hydrogen) atoms. The van der Waals surface area contributed by atoms with Gasteiger partial charge in [0, 0.05) is 8.95 Å². The summed E-state index contributed by atoms with van der Waals surface area (Å²) in [4.78, 5) is 3.16. The van der Waals surface area contributed by atoms with Crippen LogP contribution >= 0.6 is 44.1 Å². The predicted molar refractivity (Wildman–Crippen MR) is 88.6 cm³/mol. The van der Waals surface area contributed by atoms with E-state index in [9.17, 15) is 0 Å². The van der Waals surface area contributed by atoms with Gasteiger partial charge in [-0.1, -0.05) is 15.9 Å². The predicted octanol–water partition coefficient (Wildman–Crippen LogP) is 5.08. The number of aromatic nitrogens is 2. The van der Waals surface area contributed by atoms with Crippen LogP contribution in [0, 0.1) is 16.1 Å². The Kier molecular flexibility index (Phi) is 3.50. The van der Waals surface area contributed by atoms with Crippen LogP contribution in [0.2, 0.25) is 0 Å². The molecule has 1 heterocycles. The lowest BCUT2D eigenvalue weighted by Gasteiger charge is -2.08. The largest absolute Gasteiger partial charge is 0.330 e. The Bertz CT molecular complexity index is 918. The van der Waals surface area contributed by atoms with Gasteiger partial charge in [-0.05, 0) is 64.5 Å². The van der Waals surface area contributed by atoms with Crippen LogP contribution in [0.25, 0.3) is 16.7 Å². The molecule has 2 aromatic carbocycles. The molecule has 3 aromatic rings. The SMILES string of the molecule is N#Cc1ccc2[nH]c(=S)n(-c3cc(Br)ccc3Br)c2c1. The van der Waals surface area contributed by atoms with E-state index in [2.05, 4.69) is 42.9 Å². The van der Waals surface area contributed by atoms with Crippen LogP contribution in [0.5, 0.6) is 0 Å². The quantitative estimate of drug-likeness (QED) is 0.570. The van der Waals surface area contributed by atoms with Crippen molar-refractivity contribution in [3.8, 4) is 11.8 Å². The number of H-pyrrole nitrogens is 1. The zero-order valence-electron chi connectivity index (χ0n) is 10.0. The maximum absolute atomic E-state index is 9.05. The number of nitrogens with one attached hydrogen (secondary N) is 1. The number of hydrogen-bond donors (Lipinski definition) is 1. The topological polar surface area (TPSA) is 44.5 Å². The maximum atomic E-state index is 9.05. The van der Waals surface area contributed by atoms with Gasteiger partial charge in [-0.25, -0.2) is 0 Å². The minimum atomic E-state index is 0.592. The second-order valence-electron chi connectivity index (χ2n) is 4.21. The molecule has 1 N–H and O–H groups in total. The third-order valence-electron chi connectivity index (χ3n) is 2.96. The van der Waals surface area contributed by atoms with Crippen molar-refractivity contribution in [3.05, 3.63) is 55.7 Å². The number of fused-ring (bicyclic) bond motifs is 1. The highest BCUT2D eigenvalue weighted by atomic mass is 79.9. The molecule has 1 aromatic heterocycles. The van der Waals surface area contributed by atoms with Crippen molar-refractivity contribution in [2.75, 3.05) is 0 Å². The summed E-state index contributed by atoms with van der Waals surface area (Å²) in [6, 6.07) is 13.5. The first-order chi connectivity index (χ1) is 9.60. The van der Waals surface area contributed by atoms with E-state index in [0.29, 0.717) is 10.3 Å². The average Bonchev–Trinajstić information content (AvgIpc) is 2.76. The Morgan fingerprint density at radius 2 is 1.95 bits per heavy atom. The fourth-order valence-electron chi connectivity index (χ4n) is 2.07. The zero-order valence-corrected chi connectivity index (χ0v) is 14.0. The van der Waals surface area contributed by atoms with Crippen LogP contribution in [-0.2, 0) is 0 Å². The lowest BCUT2D eigenvalue weighted by Crippen LogP contribution is -1.95. The third-order valence-corrected chi connectivity index (χ3v) is 4.41. The molecule has 0 amide bonds. The summed E-state index contributed by atoms with van der Waals surface area (Å²) in [6.07, 6.45) is 0. The van der Waals surface area contributed by atoms with Crippen molar-refractivity contribution in [1.82, 2.24) is 9.55 Å². The van der Waals surface area contributed by atoms with Gasteiger partial charge in [0.15, 0.2) is 4.77 Å². The molecule has 0 aliphatic carbocycles. The molecule has 6 heteroatoms. The van der Waals surface area contributed by atoms with Crippen LogP contribution in [-0.4, -0.2) is 9.55 Å². The summed E-state index contributed by atoms with van der Waals surface area (Å²) in [5.74, 6) is 0. The Hall–Kier alpha value is -1.42. The van der Waals surface area contributed by atoms with E-state index < -0.39 is 0 Å². The summed E-state index contributed by atoms with van der Waals surface area (Å²) in [5, 5.41) is 9.05. The lowest BCUT2D eigenvalue weighted by atomic mass is 10.2. The fourth-order valence-corrected chi connectivity index (χ4v) is 3.15. The lowest BCUT2D eigenvalue weighted by molar-refractivity contribution is 1.06. The van der Waals surface area contributed by atoms with Crippen LogP contribution in [0.1, 0.15) is 5.56 Å². The Morgan fingerprint density at radius 1 is 1.15 bits per heavy atom. The van der Waals surface area contributed by atoms with E-state index in [4.69, 9.17) is 17.5 Å². The smallest absolute Gasteiger partial charge is 0.182 e. The highest BCUT2D eigenvalue weighted by Gasteiger charge is 2.10. The molecule has 0 fully saturated rings. The van der Waals surface area contributed by atoms with Gasteiger partial charge in [0.2, 0.25) is 0 Å². The molecule has 0 bridgehead atoms. The molecule has 3 rings (SSSR count). The van der Waals surface area contributed by atoms with E-state index in [1.54, 1.807) is 6.07 Å². The first-order valence-corrected chi connectivity index (χ1v) is 7.70. The van der Waals surface area contributed by atoms with Crippen molar-refractivity contribution in [1.29, 1.82) is 5.26 Å². The normalized spacial score (nSPS) is 10.7. The summed E-state index contributed by atoms with van der Waals surface area (Å²) in [7, 11) is 0. The Labute approximate surface area is 137 Å². The van der Waals surface area contributed by atoms with Gasteiger partial charge in [0.05, 0.1) is 28.4 Å². The van der Waals surface area contributed by atoms with Crippen molar-refractivity contribution < 1.29 is 0 Å². The highest BCUT2D eigenvalue weighted by Crippen LogP contribution is 2.29. The third kappa shape index (κ3) is 2.22. The van der Waals surface area contributed by atoms with Gasteiger partial charge < -0.3 is 4.98 Å². The van der Waals surface area contributed by atoms with Gasteiger partial charge in [-0.2, -0.15) is 5.26 Å². The number of halogens is 2. The molecule has 3 nitrogen and oxygen atoms in total. The van der Waals surface area contributed by atoms with Crippen LogP contribution < -0.4 is 0 Å². The second kappa shape index (κ2) is 5.17. The average molecular weight is 409 g/mol. The molecule has 0 unspecified atom stereocenters. The van der Waals surface area contributed by atoms with E-state index in [1.165, 1.54) is 0 Å². The summed E-state index contributed by atoms with van der Waals surface area (Å²) in [5.41, 5.74) is 3.31. The number of imidazole rings is 1. The maximum Gasteiger partial charge on any atom is 0.182 e. The van der Waals surface area contributed by atoms with Gasteiger partial charge in [-0.3, -0.25) is 4.57 Å². The first kappa shape index (κ1) is 13.6. The summed E-state index contributed by atoms with van der Waals surface area (Å²) < 4.78 is 4.40. The summed E-state index contributed by atoms with van der Waals surface area (Å²) in [6.45, 7) is 0. The molecule has 0 aliphatic heterocycles. The molecule has 0 saturated carbocycles. The summed E-state index contributed by atoms with van der Waals surface area (Å²) >= 11 is 12.4. The fraction of sp³-hybridized carbons (Fsp3) is 0. The van der Waals surface area contributed by atoms with Crippen molar-refractivity contribution in [2.24, 2.45) is 0 Å². The first-order valence-electron chi connectivity index (χ1n) is 5.70. The molecular weight excluding hydrogens is 402 g/mol. The number of nitriles is 1. The molecule has 0 spiro atoms. The van der Waals surface area contributed by atoms with Gasteiger partial charge in [0.25, 0.3) is 0 Å². The van der Waals surface area contributed by atoms with E-state index in [-0.39, 0.29) is 0 Å². The van der Waals surface area contributed by atoms with E-state index >= 15 is 0 Å². The molecule has 0 radical (unpaired) electrons. The number of benzene rings is 2. The van der Waals surface area contributed by atoms with Gasteiger partial charge >= 0.3 is 0 Å². The monoisotopic (exact) mass is 407 g/mol. The number of rotatable bonds is 1.